The van der Waals surface area contributed by atoms with E-state index in [0.29, 0.717) is 0 Å². The largest absolute Gasteiger partial charge is 0.480 e. The second kappa shape index (κ2) is 6.31. The number of carboxylic acids is 1. The molecule has 0 aromatic rings. The van der Waals surface area contributed by atoms with E-state index in [2.05, 4.69) is 0 Å². The van der Waals surface area contributed by atoms with Gasteiger partial charge in [-0.1, -0.05) is 0 Å². The zero-order valence-corrected chi connectivity index (χ0v) is 7.78. The zero-order chi connectivity index (χ0) is 11.1. The minimum Gasteiger partial charge on any atom is -0.480 e. The quantitative estimate of drug-likeness (QED) is 0.527. The third-order valence-electron chi connectivity index (χ3n) is 1.94. The molecule has 0 aliphatic heterocycles. The van der Waals surface area contributed by atoms with Crippen LogP contribution in [-0.4, -0.2) is 29.7 Å². The van der Waals surface area contributed by atoms with E-state index < -0.39 is 30.5 Å². The van der Waals surface area contributed by atoms with Crippen LogP contribution in [0, 0.1) is 5.92 Å². The lowest BCUT2D eigenvalue weighted by Crippen LogP contribution is -2.36. The summed E-state index contributed by atoms with van der Waals surface area (Å²) in [5, 5.41) is 8.49. The number of alkyl halides is 1. The summed E-state index contributed by atoms with van der Waals surface area (Å²) in [7, 11) is 0. The van der Waals surface area contributed by atoms with E-state index in [1.807, 2.05) is 0 Å². The lowest BCUT2D eigenvalue weighted by molar-refractivity contribution is -0.139. The van der Waals surface area contributed by atoms with Crippen LogP contribution in [0.1, 0.15) is 19.3 Å². The predicted octanol–water partition coefficient (Wildman–Crippen LogP) is -0.360. The van der Waals surface area contributed by atoms with Gasteiger partial charge in [0, 0.05) is 5.92 Å². The summed E-state index contributed by atoms with van der Waals surface area (Å²) in [6, 6.07) is -1.12. The Hall–Kier alpha value is -1.17. The van der Waals surface area contributed by atoms with Gasteiger partial charge in [-0.15, -0.1) is 0 Å². The molecular weight excluding hydrogens is 190 g/mol. The third kappa shape index (κ3) is 4.76. The van der Waals surface area contributed by atoms with Gasteiger partial charge >= 0.3 is 5.97 Å². The van der Waals surface area contributed by atoms with Gasteiger partial charge in [0.1, 0.15) is 6.04 Å². The Morgan fingerprint density at radius 1 is 1.43 bits per heavy atom. The standard InChI is InChI=1S/C8H15FN2O3/c9-3-1-2-5(7(11)12)4-6(10)8(13)14/h5-6H,1-4,10H2,(H2,11,12)(H,13,14)/i9-1. The summed E-state index contributed by atoms with van der Waals surface area (Å²) < 4.78 is 11.8. The molecule has 0 aromatic heterocycles. The second-order valence-electron chi connectivity index (χ2n) is 3.11. The number of hydrogen-bond acceptors (Lipinski definition) is 3. The molecule has 82 valence electrons. The molecule has 0 aliphatic carbocycles. The van der Waals surface area contributed by atoms with Crippen molar-refractivity contribution in [1.82, 2.24) is 0 Å². The molecule has 2 unspecified atom stereocenters. The first kappa shape index (κ1) is 12.8. The molecule has 0 aliphatic rings. The molecule has 0 bridgehead atoms. The highest BCUT2D eigenvalue weighted by atomic mass is 18.2. The van der Waals surface area contributed by atoms with E-state index >= 15 is 0 Å². The Balaban J connectivity index is 4.08. The van der Waals surface area contributed by atoms with E-state index in [0.717, 1.165) is 0 Å². The first-order chi connectivity index (χ1) is 6.49. The van der Waals surface area contributed by atoms with Gasteiger partial charge in [-0.25, -0.2) is 0 Å². The average Bonchev–Trinajstić information content (AvgIpc) is 2.10. The van der Waals surface area contributed by atoms with Gasteiger partial charge in [-0.05, 0) is 19.3 Å². The maximum Gasteiger partial charge on any atom is 0.320 e. The molecule has 0 heterocycles. The molecule has 0 rings (SSSR count). The van der Waals surface area contributed by atoms with Crippen molar-refractivity contribution in [3.63, 3.8) is 0 Å². The highest BCUT2D eigenvalue weighted by Gasteiger charge is 2.22. The maximum absolute atomic E-state index is 11.8. The summed E-state index contributed by atoms with van der Waals surface area (Å²) in [5.41, 5.74) is 10.2. The molecule has 1 amide bonds. The highest BCUT2D eigenvalue weighted by Crippen LogP contribution is 2.12. The molecule has 0 saturated carbocycles. The van der Waals surface area contributed by atoms with E-state index in [4.69, 9.17) is 16.6 Å². The Bertz CT molecular complexity index is 211. The monoisotopic (exact) mass is 205 g/mol. The van der Waals surface area contributed by atoms with Gasteiger partial charge in [0.05, 0.1) is 6.67 Å². The van der Waals surface area contributed by atoms with Crippen LogP contribution in [0.25, 0.3) is 0 Å². The van der Waals surface area contributed by atoms with Crippen LogP contribution in [0.2, 0.25) is 0 Å². The van der Waals surface area contributed by atoms with E-state index in [9.17, 15) is 14.0 Å². The minimum atomic E-state index is -1.18. The van der Waals surface area contributed by atoms with Gasteiger partial charge in [-0.2, -0.15) is 0 Å². The van der Waals surface area contributed by atoms with Crippen molar-refractivity contribution in [3.05, 3.63) is 0 Å². The topological polar surface area (TPSA) is 106 Å². The zero-order valence-electron chi connectivity index (χ0n) is 7.78. The predicted molar refractivity (Wildman–Crippen MR) is 48.1 cm³/mol. The minimum absolute atomic E-state index is 0.0370. The molecule has 0 spiro atoms. The molecule has 0 aromatic carbocycles. The molecule has 0 saturated heterocycles. The Morgan fingerprint density at radius 2 is 2.00 bits per heavy atom. The van der Waals surface area contributed by atoms with Crippen LogP contribution in [0.15, 0.2) is 0 Å². The van der Waals surface area contributed by atoms with Crippen molar-refractivity contribution in [3.8, 4) is 0 Å². The number of halogens is 1. The van der Waals surface area contributed by atoms with E-state index in [-0.39, 0.29) is 19.3 Å². The number of carboxylic acid groups (broad SMARTS) is 1. The number of nitrogens with two attached hydrogens (primary N) is 2. The molecule has 0 fully saturated rings. The number of carbonyl (C=O) groups is 2. The number of hydrogen-bond donors (Lipinski definition) is 3. The van der Waals surface area contributed by atoms with Gasteiger partial charge in [0.2, 0.25) is 5.91 Å². The van der Waals surface area contributed by atoms with Crippen molar-refractivity contribution in [2.75, 3.05) is 6.67 Å². The molecular formula is C8H15FN2O3. The first-order valence-electron chi connectivity index (χ1n) is 4.32. The van der Waals surface area contributed by atoms with Crippen LogP contribution in [0.4, 0.5) is 4.39 Å². The fraction of sp³-hybridized carbons (Fsp3) is 0.750. The molecule has 5 nitrogen and oxygen atoms in total. The van der Waals surface area contributed by atoms with Crippen LogP contribution in [0.3, 0.4) is 0 Å². The number of rotatable bonds is 7. The van der Waals surface area contributed by atoms with Crippen LogP contribution < -0.4 is 11.5 Å². The summed E-state index contributed by atoms with van der Waals surface area (Å²) in [4.78, 5) is 21.2. The van der Waals surface area contributed by atoms with E-state index in [1.54, 1.807) is 0 Å². The van der Waals surface area contributed by atoms with Crippen molar-refractivity contribution >= 4 is 11.9 Å². The van der Waals surface area contributed by atoms with Crippen molar-refractivity contribution in [1.29, 1.82) is 0 Å². The van der Waals surface area contributed by atoms with Crippen LogP contribution in [-0.2, 0) is 9.59 Å². The number of primary amides is 1. The smallest absolute Gasteiger partial charge is 0.320 e. The van der Waals surface area contributed by atoms with E-state index in [1.165, 1.54) is 0 Å². The van der Waals surface area contributed by atoms with Crippen molar-refractivity contribution in [2.45, 2.75) is 25.3 Å². The Morgan fingerprint density at radius 3 is 2.36 bits per heavy atom. The molecule has 0 radical (unpaired) electrons. The van der Waals surface area contributed by atoms with Gasteiger partial charge in [0.15, 0.2) is 0 Å². The molecule has 5 N–H and O–H groups in total. The highest BCUT2D eigenvalue weighted by molar-refractivity contribution is 5.79. The fourth-order valence-corrected chi connectivity index (χ4v) is 1.11. The van der Waals surface area contributed by atoms with Gasteiger partial charge < -0.3 is 16.6 Å². The van der Waals surface area contributed by atoms with Crippen molar-refractivity contribution < 1.29 is 19.1 Å². The Labute approximate surface area is 81.3 Å². The molecule has 2 atom stereocenters. The Kier molecular flexibility index (Phi) is 5.78. The SMILES string of the molecule is NC(=O)C(CCC[18F])CC(N)C(=O)O. The molecule has 6 heteroatoms. The number of aliphatic carboxylic acids is 1. The average molecular weight is 205 g/mol. The summed E-state index contributed by atoms with van der Waals surface area (Å²) in [6.07, 6.45) is 0.400. The lowest BCUT2D eigenvalue weighted by atomic mass is 9.95. The normalized spacial score (nSPS) is 14.7. The van der Waals surface area contributed by atoms with Crippen molar-refractivity contribution in [2.24, 2.45) is 17.4 Å². The number of carbonyl (C=O) groups excluding carboxylic acids is 1. The summed E-state index contributed by atoms with van der Waals surface area (Å²) in [6.45, 7) is -0.550. The summed E-state index contributed by atoms with van der Waals surface area (Å²) in [5.74, 6) is -2.47. The van der Waals surface area contributed by atoms with Gasteiger partial charge in [-0.3, -0.25) is 14.0 Å². The first-order valence-corrected chi connectivity index (χ1v) is 4.32. The summed E-state index contributed by atoms with van der Waals surface area (Å²) >= 11 is 0. The second-order valence-corrected chi connectivity index (χ2v) is 3.11. The molecule has 14 heavy (non-hydrogen) atoms. The van der Waals surface area contributed by atoms with Gasteiger partial charge in [0.25, 0.3) is 0 Å². The maximum atomic E-state index is 11.8. The number of amides is 1. The lowest BCUT2D eigenvalue weighted by Gasteiger charge is -2.14. The third-order valence-corrected chi connectivity index (χ3v) is 1.94. The van der Waals surface area contributed by atoms with Crippen LogP contribution in [0.5, 0.6) is 0 Å². The van der Waals surface area contributed by atoms with Crippen LogP contribution >= 0.6 is 0 Å². The fourth-order valence-electron chi connectivity index (χ4n) is 1.11.